The van der Waals surface area contributed by atoms with Gasteiger partial charge in [-0.15, -0.1) is 0 Å². The molecule has 0 unspecified atom stereocenters. The molecule has 136 valence electrons. The van der Waals surface area contributed by atoms with E-state index < -0.39 is 0 Å². The maximum Gasteiger partial charge on any atom is 0.262 e. The molecule has 2 N–H and O–H groups in total. The van der Waals surface area contributed by atoms with Gasteiger partial charge in [-0.1, -0.05) is 22.0 Å². The fourth-order valence-corrected chi connectivity index (χ4v) is 3.51. The van der Waals surface area contributed by atoms with Crippen molar-refractivity contribution in [3.8, 4) is 5.75 Å². The summed E-state index contributed by atoms with van der Waals surface area (Å²) in [4.78, 5) is 24.1. The van der Waals surface area contributed by atoms with Gasteiger partial charge in [-0.2, -0.15) is 0 Å². The minimum absolute atomic E-state index is 0.0417. The Kier molecular flexibility index (Phi) is 5.98. The van der Waals surface area contributed by atoms with Crippen LogP contribution in [0.2, 0.25) is 0 Å². The Morgan fingerprint density at radius 1 is 1.12 bits per heavy atom. The van der Waals surface area contributed by atoms with Crippen LogP contribution in [-0.2, 0) is 9.59 Å². The molecule has 26 heavy (non-hydrogen) atoms. The van der Waals surface area contributed by atoms with Crippen molar-refractivity contribution in [2.24, 2.45) is 5.92 Å². The Morgan fingerprint density at radius 3 is 2.58 bits per heavy atom. The lowest BCUT2D eigenvalue weighted by Gasteiger charge is -2.12. The second kappa shape index (κ2) is 8.22. The third-order valence-corrected chi connectivity index (χ3v) is 5.09. The monoisotopic (exact) mass is 480 g/mol. The lowest BCUT2D eigenvalue weighted by molar-refractivity contribution is -0.118. The summed E-state index contributed by atoms with van der Waals surface area (Å²) in [6.45, 7) is 1.81. The quantitative estimate of drug-likeness (QED) is 0.617. The zero-order valence-electron chi connectivity index (χ0n) is 14.1. The summed E-state index contributed by atoms with van der Waals surface area (Å²) in [6.07, 6.45) is 1.90. The molecule has 3 rings (SSSR count). The Balaban J connectivity index is 1.59. The maximum atomic E-state index is 12.2. The summed E-state index contributed by atoms with van der Waals surface area (Å²) >= 11 is 6.76. The van der Waals surface area contributed by atoms with Gasteiger partial charge < -0.3 is 15.4 Å². The molecule has 2 aromatic rings. The summed E-state index contributed by atoms with van der Waals surface area (Å²) in [5.41, 5.74) is 2.29. The van der Waals surface area contributed by atoms with Crippen LogP contribution >= 0.6 is 31.9 Å². The van der Waals surface area contributed by atoms with E-state index in [1.54, 1.807) is 18.2 Å². The number of anilines is 2. The first-order valence-electron chi connectivity index (χ1n) is 8.21. The molecule has 0 aromatic heterocycles. The number of aryl methyl sites for hydroxylation is 1. The van der Waals surface area contributed by atoms with Gasteiger partial charge in [0.05, 0.1) is 4.47 Å². The first kappa shape index (κ1) is 18.9. The van der Waals surface area contributed by atoms with Crippen molar-refractivity contribution in [3.05, 3.63) is 50.9 Å². The minimum atomic E-state index is -0.275. The van der Waals surface area contributed by atoms with Gasteiger partial charge in [-0.3, -0.25) is 9.59 Å². The van der Waals surface area contributed by atoms with E-state index in [-0.39, 0.29) is 24.3 Å². The van der Waals surface area contributed by atoms with Gasteiger partial charge in [0, 0.05) is 21.8 Å². The van der Waals surface area contributed by atoms with Crippen LogP contribution in [0.5, 0.6) is 5.75 Å². The maximum absolute atomic E-state index is 12.2. The van der Waals surface area contributed by atoms with Crippen molar-refractivity contribution in [3.63, 3.8) is 0 Å². The highest BCUT2D eigenvalue weighted by molar-refractivity contribution is 9.11. The molecular formula is C19H18Br2N2O3. The van der Waals surface area contributed by atoms with Crippen LogP contribution in [-0.4, -0.2) is 18.4 Å². The fourth-order valence-electron chi connectivity index (χ4n) is 2.35. The topological polar surface area (TPSA) is 67.4 Å². The van der Waals surface area contributed by atoms with Crippen molar-refractivity contribution < 1.29 is 14.3 Å². The SMILES string of the molecule is Cc1ccc(NC(=O)COc2ccc(Br)cc2Br)cc1NC(=O)C1CC1. The highest BCUT2D eigenvalue weighted by Gasteiger charge is 2.29. The van der Waals surface area contributed by atoms with Crippen LogP contribution in [0.15, 0.2) is 45.3 Å². The van der Waals surface area contributed by atoms with Gasteiger partial charge in [-0.25, -0.2) is 0 Å². The molecule has 2 aromatic carbocycles. The number of amides is 2. The highest BCUT2D eigenvalue weighted by Crippen LogP contribution is 2.31. The summed E-state index contributed by atoms with van der Waals surface area (Å²) in [5.74, 6) is 0.484. The number of hydrogen-bond acceptors (Lipinski definition) is 3. The molecule has 1 aliphatic carbocycles. The minimum Gasteiger partial charge on any atom is -0.483 e. The Hall–Kier alpha value is -1.86. The van der Waals surface area contributed by atoms with E-state index >= 15 is 0 Å². The second-order valence-corrected chi connectivity index (χ2v) is 7.97. The Labute approximate surface area is 168 Å². The van der Waals surface area contributed by atoms with E-state index in [1.807, 2.05) is 25.1 Å². The number of benzene rings is 2. The average molecular weight is 482 g/mol. The van der Waals surface area contributed by atoms with Crippen LogP contribution in [0.1, 0.15) is 18.4 Å². The molecule has 0 heterocycles. The van der Waals surface area contributed by atoms with E-state index in [4.69, 9.17) is 4.74 Å². The summed E-state index contributed by atoms with van der Waals surface area (Å²) in [5, 5.41) is 5.71. The number of nitrogens with one attached hydrogen (secondary N) is 2. The molecule has 5 nitrogen and oxygen atoms in total. The predicted octanol–water partition coefficient (Wildman–Crippen LogP) is 4.89. The van der Waals surface area contributed by atoms with Gasteiger partial charge in [0.15, 0.2) is 6.61 Å². The molecule has 1 fully saturated rings. The fraction of sp³-hybridized carbons (Fsp3) is 0.263. The molecule has 0 spiro atoms. The molecule has 7 heteroatoms. The van der Waals surface area contributed by atoms with E-state index in [0.717, 1.165) is 33.0 Å². The lowest BCUT2D eigenvalue weighted by atomic mass is 10.1. The average Bonchev–Trinajstić information content (AvgIpc) is 3.42. The summed E-state index contributed by atoms with van der Waals surface area (Å²) in [7, 11) is 0. The van der Waals surface area contributed by atoms with Gasteiger partial charge in [0.1, 0.15) is 5.75 Å². The number of carbonyl (C=O) groups excluding carboxylic acids is 2. The first-order valence-corrected chi connectivity index (χ1v) is 9.80. The molecule has 1 aliphatic rings. The number of carbonyl (C=O) groups is 2. The molecule has 0 aliphatic heterocycles. The largest absolute Gasteiger partial charge is 0.483 e. The third kappa shape index (κ3) is 5.08. The van der Waals surface area contributed by atoms with Crippen molar-refractivity contribution in [2.75, 3.05) is 17.2 Å². The molecule has 0 saturated heterocycles. The van der Waals surface area contributed by atoms with E-state index in [0.29, 0.717) is 11.4 Å². The lowest BCUT2D eigenvalue weighted by Crippen LogP contribution is -2.20. The number of hydrogen-bond donors (Lipinski definition) is 2. The standard InChI is InChI=1S/C19H18Br2N2O3/c1-11-2-6-14(9-16(11)23-19(25)12-3-4-12)22-18(24)10-26-17-7-5-13(20)8-15(17)21/h2,5-9,12H,3-4,10H2,1H3,(H,22,24)(H,23,25). The van der Waals surface area contributed by atoms with Crippen LogP contribution in [0.4, 0.5) is 11.4 Å². The van der Waals surface area contributed by atoms with Crippen molar-refractivity contribution in [2.45, 2.75) is 19.8 Å². The summed E-state index contributed by atoms with van der Waals surface area (Å²) in [6, 6.07) is 10.9. The smallest absolute Gasteiger partial charge is 0.262 e. The number of ether oxygens (including phenoxy) is 1. The van der Waals surface area contributed by atoms with Crippen LogP contribution in [0.25, 0.3) is 0 Å². The second-order valence-electron chi connectivity index (χ2n) is 6.20. The Bertz CT molecular complexity index is 851. The molecule has 0 atom stereocenters. The van der Waals surface area contributed by atoms with Crippen molar-refractivity contribution in [1.29, 1.82) is 0 Å². The molecule has 0 bridgehead atoms. The molecule has 0 radical (unpaired) electrons. The summed E-state index contributed by atoms with van der Waals surface area (Å²) < 4.78 is 7.22. The number of rotatable bonds is 6. The van der Waals surface area contributed by atoms with Gasteiger partial charge in [-0.05, 0) is 71.6 Å². The molecule has 2 amide bonds. The van der Waals surface area contributed by atoms with Crippen molar-refractivity contribution >= 4 is 55.0 Å². The number of halogens is 2. The van der Waals surface area contributed by atoms with Gasteiger partial charge in [0.2, 0.25) is 5.91 Å². The van der Waals surface area contributed by atoms with E-state index in [9.17, 15) is 9.59 Å². The molecular weight excluding hydrogens is 464 g/mol. The van der Waals surface area contributed by atoms with E-state index in [1.165, 1.54) is 0 Å². The normalized spacial score (nSPS) is 13.2. The third-order valence-electron chi connectivity index (χ3n) is 3.98. The van der Waals surface area contributed by atoms with Gasteiger partial charge >= 0.3 is 0 Å². The Morgan fingerprint density at radius 2 is 1.88 bits per heavy atom. The molecule has 1 saturated carbocycles. The van der Waals surface area contributed by atoms with Crippen LogP contribution < -0.4 is 15.4 Å². The zero-order chi connectivity index (χ0) is 18.7. The highest BCUT2D eigenvalue weighted by atomic mass is 79.9. The van der Waals surface area contributed by atoms with Crippen molar-refractivity contribution in [1.82, 2.24) is 0 Å². The zero-order valence-corrected chi connectivity index (χ0v) is 17.3. The van der Waals surface area contributed by atoms with Crippen LogP contribution in [0.3, 0.4) is 0 Å². The first-order chi connectivity index (χ1) is 12.4. The van der Waals surface area contributed by atoms with E-state index in [2.05, 4.69) is 42.5 Å². The van der Waals surface area contributed by atoms with Gasteiger partial charge in [0.25, 0.3) is 5.91 Å². The van der Waals surface area contributed by atoms with Crippen LogP contribution in [0, 0.1) is 12.8 Å². The predicted molar refractivity (Wildman–Crippen MR) is 108 cm³/mol.